The first-order valence-corrected chi connectivity index (χ1v) is 7.39. The number of carbonyl (C=O) groups excluding carboxylic acids is 2. The van der Waals surface area contributed by atoms with Gasteiger partial charge in [-0.3, -0.25) is 9.59 Å². The van der Waals surface area contributed by atoms with Crippen molar-refractivity contribution < 1.29 is 14.3 Å². The first-order chi connectivity index (χ1) is 8.99. The van der Waals surface area contributed by atoms with Crippen molar-refractivity contribution in [2.45, 2.75) is 57.9 Å². The maximum absolute atomic E-state index is 12.3. The predicted molar refractivity (Wildman–Crippen MR) is 72.8 cm³/mol. The Morgan fingerprint density at radius 3 is 2.68 bits per heavy atom. The Kier molecular flexibility index (Phi) is 4.61. The molecule has 0 aromatic carbocycles. The summed E-state index contributed by atoms with van der Waals surface area (Å²) in [5.41, 5.74) is -0.303. The van der Waals surface area contributed by atoms with Gasteiger partial charge in [0.25, 0.3) is 0 Å². The lowest BCUT2D eigenvalue weighted by molar-refractivity contribution is -0.142. The third-order valence-electron chi connectivity index (χ3n) is 4.38. The van der Waals surface area contributed by atoms with Gasteiger partial charge < -0.3 is 9.64 Å². The predicted octanol–water partition coefficient (Wildman–Crippen LogP) is 2.16. The van der Waals surface area contributed by atoms with Crippen molar-refractivity contribution in [2.24, 2.45) is 5.92 Å². The molecule has 2 heterocycles. The minimum atomic E-state index is -0.303. The topological polar surface area (TPSA) is 46.6 Å². The van der Waals surface area contributed by atoms with Crippen LogP contribution < -0.4 is 0 Å². The van der Waals surface area contributed by atoms with E-state index >= 15 is 0 Å². The molecule has 2 aliphatic heterocycles. The van der Waals surface area contributed by atoms with E-state index in [0.717, 1.165) is 32.5 Å². The summed E-state index contributed by atoms with van der Waals surface area (Å²) in [6.07, 6.45) is 4.75. The van der Waals surface area contributed by atoms with Crippen molar-refractivity contribution in [1.82, 2.24) is 4.90 Å². The second-order valence-electron chi connectivity index (χ2n) is 6.42. The number of likely N-dealkylation sites (tertiary alicyclic amines) is 1. The Hall–Kier alpha value is -0.900. The van der Waals surface area contributed by atoms with Crippen molar-refractivity contribution in [3.8, 4) is 0 Å². The quantitative estimate of drug-likeness (QED) is 0.787. The Labute approximate surface area is 115 Å². The molecule has 0 spiro atoms. The lowest BCUT2D eigenvalue weighted by Crippen LogP contribution is -2.53. The summed E-state index contributed by atoms with van der Waals surface area (Å²) in [7, 11) is 0. The molecule has 0 aliphatic carbocycles. The number of nitrogens with zero attached hydrogens (tertiary/aromatic N) is 1. The van der Waals surface area contributed by atoms with E-state index in [4.69, 9.17) is 4.74 Å². The molecule has 2 fully saturated rings. The number of carbonyl (C=O) groups is 2. The Morgan fingerprint density at radius 2 is 2.05 bits per heavy atom. The SMILES string of the molecule is CC1(C)CC(=O)CCN1C(=O)CCC1CCOCC1. The van der Waals surface area contributed by atoms with Gasteiger partial charge in [0, 0.05) is 44.6 Å². The van der Waals surface area contributed by atoms with Crippen LogP contribution in [0.1, 0.15) is 52.4 Å². The van der Waals surface area contributed by atoms with Crippen LogP contribution in [0.2, 0.25) is 0 Å². The van der Waals surface area contributed by atoms with Crippen molar-refractivity contribution in [1.29, 1.82) is 0 Å². The number of ether oxygens (including phenoxy) is 1. The van der Waals surface area contributed by atoms with Crippen LogP contribution in [0.15, 0.2) is 0 Å². The van der Waals surface area contributed by atoms with E-state index in [1.807, 2.05) is 18.7 Å². The molecule has 0 radical (unpaired) electrons. The van der Waals surface area contributed by atoms with Gasteiger partial charge in [0.05, 0.1) is 0 Å². The highest BCUT2D eigenvalue weighted by Crippen LogP contribution is 2.27. The molecule has 2 saturated heterocycles. The van der Waals surface area contributed by atoms with Gasteiger partial charge in [0.2, 0.25) is 5.91 Å². The molecule has 2 aliphatic rings. The summed E-state index contributed by atoms with van der Waals surface area (Å²) >= 11 is 0. The minimum Gasteiger partial charge on any atom is -0.381 e. The molecular formula is C15H25NO3. The van der Waals surface area contributed by atoms with Gasteiger partial charge in [-0.15, -0.1) is 0 Å². The molecule has 1 amide bonds. The highest BCUT2D eigenvalue weighted by Gasteiger charge is 2.36. The largest absolute Gasteiger partial charge is 0.381 e. The molecule has 0 atom stereocenters. The van der Waals surface area contributed by atoms with Crippen molar-refractivity contribution in [2.75, 3.05) is 19.8 Å². The molecule has 108 valence electrons. The van der Waals surface area contributed by atoms with Gasteiger partial charge in [-0.2, -0.15) is 0 Å². The number of ketones is 1. The van der Waals surface area contributed by atoms with E-state index in [1.54, 1.807) is 0 Å². The van der Waals surface area contributed by atoms with Crippen LogP contribution in [0.25, 0.3) is 0 Å². The van der Waals surface area contributed by atoms with Gasteiger partial charge in [-0.25, -0.2) is 0 Å². The molecule has 0 bridgehead atoms. The monoisotopic (exact) mass is 267 g/mol. The average Bonchev–Trinajstić information content (AvgIpc) is 2.36. The summed E-state index contributed by atoms with van der Waals surface area (Å²) in [6.45, 7) is 6.26. The maximum atomic E-state index is 12.3. The number of piperidine rings is 1. The number of rotatable bonds is 3. The van der Waals surface area contributed by atoms with Crippen LogP contribution in [-0.2, 0) is 14.3 Å². The summed E-state index contributed by atoms with van der Waals surface area (Å²) < 4.78 is 5.33. The van der Waals surface area contributed by atoms with Crippen molar-refractivity contribution in [3.05, 3.63) is 0 Å². The first kappa shape index (κ1) is 14.5. The zero-order valence-electron chi connectivity index (χ0n) is 12.1. The normalized spacial score (nSPS) is 24.5. The van der Waals surface area contributed by atoms with E-state index in [2.05, 4.69) is 0 Å². The van der Waals surface area contributed by atoms with E-state index in [9.17, 15) is 9.59 Å². The third-order valence-corrected chi connectivity index (χ3v) is 4.38. The summed E-state index contributed by atoms with van der Waals surface area (Å²) in [6, 6.07) is 0. The fourth-order valence-electron chi connectivity index (χ4n) is 3.17. The van der Waals surface area contributed by atoms with Gasteiger partial charge in [0.1, 0.15) is 5.78 Å². The van der Waals surface area contributed by atoms with Gasteiger partial charge in [-0.05, 0) is 39.0 Å². The molecule has 4 heteroatoms. The summed E-state index contributed by atoms with van der Waals surface area (Å²) in [4.78, 5) is 25.8. The van der Waals surface area contributed by atoms with Crippen LogP contribution >= 0.6 is 0 Å². The van der Waals surface area contributed by atoms with Crippen LogP contribution in [0.4, 0.5) is 0 Å². The number of hydrogen-bond donors (Lipinski definition) is 0. The summed E-state index contributed by atoms with van der Waals surface area (Å²) in [5.74, 6) is 1.12. The van der Waals surface area contributed by atoms with Gasteiger partial charge >= 0.3 is 0 Å². The number of amides is 1. The Bertz CT molecular complexity index is 345. The van der Waals surface area contributed by atoms with Crippen LogP contribution in [0, 0.1) is 5.92 Å². The smallest absolute Gasteiger partial charge is 0.223 e. The fraction of sp³-hybridized carbons (Fsp3) is 0.867. The van der Waals surface area contributed by atoms with E-state index in [-0.39, 0.29) is 17.2 Å². The van der Waals surface area contributed by atoms with Crippen LogP contribution in [0.5, 0.6) is 0 Å². The van der Waals surface area contributed by atoms with Gasteiger partial charge in [0.15, 0.2) is 0 Å². The second kappa shape index (κ2) is 6.04. The number of hydrogen-bond acceptors (Lipinski definition) is 3. The molecule has 0 N–H and O–H groups in total. The van der Waals surface area contributed by atoms with E-state index in [1.165, 1.54) is 0 Å². The highest BCUT2D eigenvalue weighted by molar-refractivity contribution is 5.85. The second-order valence-corrected chi connectivity index (χ2v) is 6.42. The molecule has 4 nitrogen and oxygen atoms in total. The van der Waals surface area contributed by atoms with Crippen molar-refractivity contribution in [3.63, 3.8) is 0 Å². The molecule has 19 heavy (non-hydrogen) atoms. The van der Waals surface area contributed by atoms with Gasteiger partial charge in [-0.1, -0.05) is 0 Å². The van der Waals surface area contributed by atoms with Crippen LogP contribution in [0.3, 0.4) is 0 Å². The molecule has 2 rings (SSSR count). The average molecular weight is 267 g/mol. The fourth-order valence-corrected chi connectivity index (χ4v) is 3.17. The van der Waals surface area contributed by atoms with E-state index < -0.39 is 0 Å². The molecule has 0 unspecified atom stereocenters. The molecule has 0 saturated carbocycles. The Balaban J connectivity index is 1.83. The van der Waals surface area contributed by atoms with E-state index in [0.29, 0.717) is 31.7 Å². The highest BCUT2D eigenvalue weighted by atomic mass is 16.5. The zero-order valence-corrected chi connectivity index (χ0v) is 12.1. The molecule has 0 aromatic heterocycles. The number of Topliss-reactive ketones (excluding diaryl/α,β-unsaturated/α-hetero) is 1. The lowest BCUT2D eigenvalue weighted by atomic mass is 9.88. The Morgan fingerprint density at radius 1 is 1.37 bits per heavy atom. The zero-order chi connectivity index (χ0) is 13.9. The molecular weight excluding hydrogens is 242 g/mol. The third kappa shape index (κ3) is 3.78. The maximum Gasteiger partial charge on any atom is 0.223 e. The summed E-state index contributed by atoms with van der Waals surface area (Å²) in [5, 5.41) is 0. The minimum absolute atomic E-state index is 0.212. The molecule has 0 aromatic rings. The standard InChI is InChI=1S/C15H25NO3/c1-15(2)11-13(17)5-8-16(15)14(18)4-3-12-6-9-19-10-7-12/h12H,3-11H2,1-2H3. The first-order valence-electron chi connectivity index (χ1n) is 7.39. The lowest BCUT2D eigenvalue weighted by Gasteiger charge is -2.42. The van der Waals surface area contributed by atoms with Crippen LogP contribution in [-0.4, -0.2) is 41.9 Å². The van der Waals surface area contributed by atoms with Crippen molar-refractivity contribution >= 4 is 11.7 Å².